The highest BCUT2D eigenvalue weighted by atomic mass is 32.7. The van der Waals surface area contributed by atoms with Gasteiger partial charge in [-0.1, -0.05) is 12.2 Å². The maximum atomic E-state index is 13.4. The van der Waals surface area contributed by atoms with Gasteiger partial charge in [-0.2, -0.15) is 4.98 Å². The van der Waals surface area contributed by atoms with Gasteiger partial charge in [0.25, 0.3) is 5.56 Å². The van der Waals surface area contributed by atoms with E-state index < -0.39 is 68.7 Å². The number of rotatable bonds is 2. The van der Waals surface area contributed by atoms with Crippen LogP contribution in [0.5, 0.6) is 0 Å². The van der Waals surface area contributed by atoms with Crippen LogP contribution in [0.15, 0.2) is 23.8 Å². The molecule has 2 unspecified atom stereocenters. The van der Waals surface area contributed by atoms with Crippen molar-refractivity contribution in [3.63, 3.8) is 0 Å². The van der Waals surface area contributed by atoms with Crippen molar-refractivity contribution in [2.24, 2.45) is 0 Å². The molecule has 3 fully saturated rings. The number of aromatic nitrogens is 8. The van der Waals surface area contributed by atoms with Crippen molar-refractivity contribution < 1.29 is 42.1 Å². The Labute approximate surface area is 268 Å². The Kier molecular flexibility index (Phi) is 9.60. The van der Waals surface area contributed by atoms with E-state index >= 15 is 0 Å². The fourth-order valence-electron chi connectivity index (χ4n) is 5.29. The predicted octanol–water partition coefficient (Wildman–Crippen LogP) is 0.0656. The number of H-pyrrole nitrogens is 1. The number of ether oxygens (including phenoxy) is 2. The summed E-state index contributed by atoms with van der Waals surface area (Å²) in [5.41, 5.74) is 11.6. The van der Waals surface area contributed by atoms with Crippen LogP contribution in [0.1, 0.15) is 18.9 Å². The van der Waals surface area contributed by atoms with E-state index in [2.05, 4.69) is 42.2 Å². The summed E-state index contributed by atoms with van der Waals surface area (Å²) in [6.45, 7) is -9.00. The molecule has 13 N–H and O–H groups in total. The molecule has 0 aliphatic carbocycles. The first-order chi connectivity index (χ1) is 20.9. The van der Waals surface area contributed by atoms with Gasteiger partial charge >= 0.3 is 13.5 Å². The number of aromatic amines is 1. The SMILES string of the molecule is N.N.Nc1nc2c(ncn2[C@@H]2O[C@@H]3COP(=O)(S)O[C@H]4[C@@H](O)[C@H](n5cnc6c(N)ncnc65)O[C@@H]4COP(O)(=S)O[C@@H]2C3)c(=O)[nH]1. The molecule has 252 valence electrons. The molecule has 46 heavy (non-hydrogen) atoms. The van der Waals surface area contributed by atoms with E-state index in [1.165, 1.54) is 28.1 Å². The minimum Gasteiger partial charge on any atom is -0.386 e. The van der Waals surface area contributed by atoms with Crippen LogP contribution in [-0.2, 0) is 43.9 Å². The van der Waals surface area contributed by atoms with E-state index in [0.717, 1.165) is 0 Å². The van der Waals surface area contributed by atoms with E-state index in [9.17, 15) is 19.4 Å². The lowest BCUT2D eigenvalue weighted by atomic mass is 10.1. The molecule has 7 rings (SSSR count). The topological polar surface area (TPSA) is 342 Å². The highest BCUT2D eigenvalue weighted by Gasteiger charge is 2.51. The molecule has 0 aromatic carbocycles. The largest absolute Gasteiger partial charge is 0.386 e. The average Bonchev–Trinajstić information content (AvgIpc) is 3.72. The lowest BCUT2D eigenvalue weighted by molar-refractivity contribution is -0.0592. The summed E-state index contributed by atoms with van der Waals surface area (Å²) in [7, 11) is 0. The van der Waals surface area contributed by atoms with Crippen LogP contribution in [0.2, 0.25) is 0 Å². The van der Waals surface area contributed by atoms with Crippen molar-refractivity contribution in [3.8, 4) is 0 Å². The molecule has 26 heteroatoms. The van der Waals surface area contributed by atoms with Crippen molar-refractivity contribution in [3.05, 3.63) is 29.3 Å². The van der Waals surface area contributed by atoms with Gasteiger partial charge in [0.05, 0.1) is 32.0 Å². The number of imidazole rings is 2. The number of aliphatic hydroxyl groups excluding tert-OH is 1. The number of nitrogen functional groups attached to an aromatic ring is 2. The molecule has 3 aliphatic heterocycles. The van der Waals surface area contributed by atoms with Crippen molar-refractivity contribution in [2.45, 2.75) is 49.4 Å². The summed E-state index contributed by atoms with van der Waals surface area (Å²) in [6, 6.07) is 0. The number of fused-ring (bicyclic) bond motifs is 5. The molecule has 0 radical (unpaired) electrons. The molecule has 7 heterocycles. The number of aliphatic hydroxyl groups is 1. The van der Waals surface area contributed by atoms with Crippen LogP contribution >= 0.6 is 25.8 Å². The lowest BCUT2D eigenvalue weighted by Gasteiger charge is -2.27. The molecule has 9 atom stereocenters. The third-order valence-electron chi connectivity index (χ3n) is 7.19. The first kappa shape index (κ1) is 34.7. The molecule has 22 nitrogen and oxygen atoms in total. The summed E-state index contributed by atoms with van der Waals surface area (Å²) in [5, 5.41) is 11.3. The second-order valence-corrected chi connectivity index (χ2v) is 15.7. The van der Waals surface area contributed by atoms with Gasteiger partial charge in [0.2, 0.25) is 5.95 Å². The van der Waals surface area contributed by atoms with Crippen LogP contribution in [-0.4, -0.2) is 92.8 Å². The average molecular weight is 725 g/mol. The zero-order chi connectivity index (χ0) is 31.0. The molecular formula is C20H30N12O10P2S2. The highest BCUT2D eigenvalue weighted by Crippen LogP contribution is 2.58. The molecule has 2 bridgehead atoms. The van der Waals surface area contributed by atoms with Gasteiger partial charge in [-0.05, 0) is 11.8 Å². The number of nitrogens with one attached hydrogen (secondary N) is 1. The Balaban J connectivity index is 0.00000208. The molecule has 0 saturated carbocycles. The van der Waals surface area contributed by atoms with Gasteiger partial charge < -0.3 is 52.3 Å². The summed E-state index contributed by atoms with van der Waals surface area (Å²) in [5.74, 6) is -0.0450. The summed E-state index contributed by atoms with van der Waals surface area (Å²) in [6.07, 6.45) is -4.01. The predicted molar refractivity (Wildman–Crippen MR) is 166 cm³/mol. The highest BCUT2D eigenvalue weighted by molar-refractivity contribution is 8.44. The van der Waals surface area contributed by atoms with Gasteiger partial charge in [-0.3, -0.25) is 28.0 Å². The zero-order valence-corrected chi connectivity index (χ0v) is 27.0. The number of nitrogens with zero attached hydrogens (tertiary/aromatic N) is 7. The number of hydrogen-bond donors (Lipinski definition) is 8. The quantitative estimate of drug-likeness (QED) is 0.100. The first-order valence-corrected chi connectivity index (χ1v) is 18.1. The van der Waals surface area contributed by atoms with Crippen molar-refractivity contribution in [1.82, 2.24) is 51.3 Å². The third-order valence-corrected chi connectivity index (χ3v) is 10.4. The monoisotopic (exact) mass is 724 g/mol. The summed E-state index contributed by atoms with van der Waals surface area (Å²) in [4.78, 5) is 46.2. The van der Waals surface area contributed by atoms with Gasteiger partial charge in [0.1, 0.15) is 36.3 Å². The number of nitrogens with two attached hydrogens (primary N) is 2. The van der Waals surface area contributed by atoms with E-state index in [1.54, 1.807) is 0 Å². The molecule has 0 spiro atoms. The van der Waals surface area contributed by atoms with Gasteiger partial charge in [0, 0.05) is 6.42 Å². The molecule has 4 aromatic heterocycles. The fourth-order valence-corrected chi connectivity index (χ4v) is 8.25. The number of hydrogen-bond acceptors (Lipinski definition) is 19. The van der Waals surface area contributed by atoms with E-state index in [1.807, 2.05) is 0 Å². The Hall–Kier alpha value is -2.67. The molecule has 3 aliphatic rings. The molecule has 0 amide bonds. The number of thiol groups is 1. The van der Waals surface area contributed by atoms with Crippen molar-refractivity contribution >= 4 is 71.7 Å². The summed E-state index contributed by atoms with van der Waals surface area (Å²) >= 11 is 9.41. The van der Waals surface area contributed by atoms with Crippen LogP contribution in [0.3, 0.4) is 0 Å². The smallest absolute Gasteiger partial charge is 0.386 e. The van der Waals surface area contributed by atoms with Gasteiger partial charge in [-0.15, -0.1) is 0 Å². The maximum Gasteiger partial charge on any atom is 0.386 e. The Morgan fingerprint density at radius 3 is 2.46 bits per heavy atom. The van der Waals surface area contributed by atoms with Crippen LogP contribution in [0, 0.1) is 0 Å². The second-order valence-electron chi connectivity index (χ2n) is 10.0. The normalized spacial score (nSPS) is 35.0. The van der Waals surface area contributed by atoms with Crippen LogP contribution in [0.25, 0.3) is 22.3 Å². The first-order valence-electron chi connectivity index (χ1n) is 12.8. The number of anilines is 2. The molecule has 3 saturated heterocycles. The Morgan fingerprint density at radius 2 is 1.70 bits per heavy atom. The van der Waals surface area contributed by atoms with Gasteiger partial charge in [0.15, 0.2) is 35.1 Å². The second kappa shape index (κ2) is 12.7. The minimum atomic E-state index is -4.18. The van der Waals surface area contributed by atoms with Crippen LogP contribution in [0.4, 0.5) is 11.8 Å². The lowest BCUT2D eigenvalue weighted by Crippen LogP contribution is -2.36. The van der Waals surface area contributed by atoms with E-state index in [4.69, 9.17) is 50.8 Å². The third kappa shape index (κ3) is 6.30. The Morgan fingerprint density at radius 1 is 0.978 bits per heavy atom. The molecule has 4 aromatic rings. The van der Waals surface area contributed by atoms with E-state index in [-0.39, 0.29) is 59.4 Å². The fraction of sp³-hybridized carbons (Fsp3) is 0.500. The summed E-state index contributed by atoms with van der Waals surface area (Å²) < 4.78 is 51.0. The maximum absolute atomic E-state index is 13.4. The van der Waals surface area contributed by atoms with E-state index in [0.29, 0.717) is 0 Å². The van der Waals surface area contributed by atoms with Crippen molar-refractivity contribution in [1.29, 1.82) is 0 Å². The zero-order valence-electron chi connectivity index (χ0n) is 23.5. The van der Waals surface area contributed by atoms with Gasteiger partial charge in [-0.25, -0.2) is 24.5 Å². The Bertz CT molecular complexity index is 1910. The van der Waals surface area contributed by atoms with Crippen LogP contribution < -0.4 is 29.3 Å². The molecular weight excluding hydrogens is 694 g/mol. The standard InChI is InChI=1S/C20H24N10O10P2S2.2H3N/c21-14-10-15(24-4-23-14)29(5-25-10)19-12(31)13-9(38-19)3-36-41(33,43)39-8-1-7(2-35-42(34,44)40-13)37-18(8)30-6-26-11-16(30)27-20(22)28-17(11)32;;/h4-9,12-13,18-19,31H,1-3H2,(H,33,43)(H,34,44)(H2,21,23,24)(H3,22,27,28,32);2*1H3/t7-,8+,9+,12+,13+,18+,19+,41?,42?;;/m0../s1. The van der Waals surface area contributed by atoms with Crippen molar-refractivity contribution in [2.75, 3.05) is 24.7 Å². The minimum absolute atomic E-state index is 0.